The normalized spacial score (nSPS) is 17.5. The summed E-state index contributed by atoms with van der Waals surface area (Å²) in [4.78, 5) is 89.7. The molecule has 4 aromatic carbocycles. The topological polar surface area (TPSA) is 679 Å². The smallest absolute Gasteiger partial charge is 0.248 e. The summed E-state index contributed by atoms with van der Waals surface area (Å²) in [5.41, 5.74) is 34.5. The van der Waals surface area contributed by atoms with Gasteiger partial charge in [-0.05, 0) is 155 Å². The third-order valence-electron chi connectivity index (χ3n) is 23.4. The number of aromatic nitrogens is 4. The molecule has 0 saturated carbocycles. The Morgan fingerprint density at radius 2 is 0.701 bits per heavy atom. The number of aliphatic hydroxyl groups excluding tert-OH is 10. The molecule has 8 aromatic rings. The molecule has 6 heterocycles. The number of nitrogens with one attached hydrogen (secondary N) is 11. The van der Waals surface area contributed by atoms with Crippen molar-refractivity contribution in [1.82, 2.24) is 45.7 Å². The zero-order valence-corrected chi connectivity index (χ0v) is 79.5. The van der Waals surface area contributed by atoms with Crippen molar-refractivity contribution in [2.75, 3.05) is 39.3 Å². The Morgan fingerprint density at radius 1 is 0.410 bits per heavy atom. The van der Waals surface area contributed by atoms with Crippen molar-refractivity contribution in [3.63, 3.8) is 0 Å². The number of amides is 2. The zero-order chi connectivity index (χ0) is 93.0. The molecule has 2 fully saturated rings. The molecule has 734 valence electrons. The van der Waals surface area contributed by atoms with Crippen LogP contribution in [0.25, 0.3) is 43.6 Å². The van der Waals surface area contributed by atoms with Gasteiger partial charge in [-0.3, -0.25) is 31.2 Å². The van der Waals surface area contributed by atoms with E-state index in [-0.39, 0.29) is 220 Å². The number of carbonyl (C=O) groups is 2. The molecule has 0 aliphatic carbocycles. The first-order valence-electron chi connectivity index (χ1n) is 44.1. The first-order valence-corrected chi connectivity index (χ1v) is 44.1. The van der Waals surface area contributed by atoms with E-state index in [4.69, 9.17) is 70.3 Å². The zero-order valence-electron chi connectivity index (χ0n) is 75.4. The number of unbranched alkanes of at least 4 members (excludes halogenated alkanes) is 1. The number of hydrogen-bond donors (Lipinski definition) is 26. The van der Waals surface area contributed by atoms with Gasteiger partial charge >= 0.3 is 0 Å². The van der Waals surface area contributed by atoms with Crippen LogP contribution in [0, 0.1) is 33.5 Å². The summed E-state index contributed by atoms with van der Waals surface area (Å²) in [6.45, 7) is 8.43. The van der Waals surface area contributed by atoms with Gasteiger partial charge in [0.1, 0.15) is 66.5 Å². The molecule has 31 N–H and O–H groups in total. The highest BCUT2D eigenvalue weighted by Gasteiger charge is 2.41. The predicted molar refractivity (Wildman–Crippen MR) is 546 cm³/mol. The number of rotatable bonds is 49. The van der Waals surface area contributed by atoms with Gasteiger partial charge in [-0.1, -0.05) is 107 Å². The van der Waals surface area contributed by atoms with Gasteiger partial charge in [0.15, 0.2) is 23.8 Å². The highest BCUT2D eigenvalue weighted by Crippen LogP contribution is 2.31. The molecule has 0 bridgehead atoms. The Hall–Kier alpha value is -12.1. The SMILES string of the molecule is CCC(C)C(N)C(O)=NC(CC(C)C)C(O)=NC(CCCNC(=N)N)C(O)=NC(Cc1c[nH]c2ccccc12)C(=O)N1CCCC1C(O)=NC(Cc1c[nH]c2ccccc12)C(O)=NC(Cc1c[nH]c2ccccc12)C(=O)N1CCCC1C(O)=NC(Cc1c[nH]c2ccccc12)C(O)=NC(CCCNC(=N)N)C(O)=NC(CCCNC(=N)N)C(O)=NC(CCCCN)C(=N)O.Cl.Cl.Cl.Cl.Cl. The lowest BCUT2D eigenvalue weighted by Crippen LogP contribution is -2.47. The first kappa shape index (κ1) is 112. The van der Waals surface area contributed by atoms with Gasteiger partial charge in [-0.15, -0.1) is 62.0 Å². The lowest BCUT2D eigenvalue weighted by Gasteiger charge is -2.28. The minimum absolute atomic E-state index is 0. The van der Waals surface area contributed by atoms with E-state index in [2.05, 4.69) is 60.8 Å². The average Bonchev–Trinajstić information content (AvgIpc) is 1.62. The third-order valence-corrected chi connectivity index (χ3v) is 23.4. The van der Waals surface area contributed by atoms with E-state index in [9.17, 15) is 51.1 Å². The molecule has 4 aromatic heterocycles. The molecule has 13 unspecified atom stereocenters. The van der Waals surface area contributed by atoms with Crippen molar-refractivity contribution in [3.8, 4) is 0 Å². The minimum Gasteiger partial charge on any atom is -0.495 e. The van der Waals surface area contributed by atoms with Gasteiger partial charge in [0.25, 0.3) is 0 Å². The molecular weight excluding hydrogens is 1830 g/mol. The van der Waals surface area contributed by atoms with Crippen LogP contribution < -0.4 is 44.6 Å². The summed E-state index contributed by atoms with van der Waals surface area (Å²) in [6, 6.07) is 14.2. The number of aromatic amines is 4. The van der Waals surface area contributed by atoms with Crippen LogP contribution in [0.2, 0.25) is 0 Å². The molecule has 0 spiro atoms. The van der Waals surface area contributed by atoms with E-state index in [0.29, 0.717) is 60.9 Å². The van der Waals surface area contributed by atoms with E-state index in [1.54, 1.807) is 24.8 Å². The van der Waals surface area contributed by atoms with Crippen LogP contribution in [0.15, 0.2) is 167 Å². The Morgan fingerprint density at radius 3 is 1.01 bits per heavy atom. The number of aliphatic imine (C=N–C) groups is 9. The summed E-state index contributed by atoms with van der Waals surface area (Å²) < 4.78 is 0. The van der Waals surface area contributed by atoms with E-state index in [0.717, 1.165) is 43.6 Å². The van der Waals surface area contributed by atoms with Gasteiger partial charge in [-0.25, -0.2) is 44.9 Å². The molecule has 134 heavy (non-hydrogen) atoms. The number of likely N-dealkylation sites (tertiary alicyclic amines) is 2. The Bertz CT molecular complexity index is 5460. The number of para-hydroxylation sites is 4. The number of nitrogens with zero attached hydrogens (tertiary/aromatic N) is 11. The second-order valence-electron chi connectivity index (χ2n) is 33.3. The Kier molecular flexibility index (Phi) is 46.0. The fraction of sp³-hybridized carbons (Fsp3) is 0.478. The number of benzene rings is 4. The first-order chi connectivity index (χ1) is 61.9. The predicted octanol–water partition coefficient (Wildman–Crippen LogP) is 11.8. The van der Waals surface area contributed by atoms with Crippen LogP contribution in [0.5, 0.6) is 0 Å². The summed E-state index contributed by atoms with van der Waals surface area (Å²) in [5.74, 6) is -8.84. The van der Waals surface area contributed by atoms with Crippen molar-refractivity contribution in [2.24, 2.45) is 85.4 Å². The lowest BCUT2D eigenvalue weighted by atomic mass is 9.99. The number of fused-ring (bicyclic) bond motifs is 4. The largest absolute Gasteiger partial charge is 0.495 e. The fourth-order valence-corrected chi connectivity index (χ4v) is 16.2. The summed E-state index contributed by atoms with van der Waals surface area (Å²) in [7, 11) is 0. The summed E-state index contributed by atoms with van der Waals surface area (Å²) >= 11 is 0. The van der Waals surface area contributed by atoms with E-state index in [1.807, 2.05) is 125 Å². The number of guanidine groups is 3. The van der Waals surface area contributed by atoms with Crippen molar-refractivity contribution >= 4 is 194 Å². The molecule has 10 rings (SSSR count). The van der Waals surface area contributed by atoms with Crippen LogP contribution in [0.3, 0.4) is 0 Å². The minimum atomic E-state index is -1.50. The van der Waals surface area contributed by atoms with Gasteiger partial charge in [0.2, 0.25) is 64.9 Å². The average molecular weight is 1960 g/mol. The number of hydrogen-bond acceptors (Lipinski definition) is 17. The molecular formula is C90H132Cl5N27O12. The van der Waals surface area contributed by atoms with E-state index in [1.165, 1.54) is 9.80 Å². The Labute approximate surface area is 808 Å². The molecule has 0 radical (unpaired) electrons. The number of H-pyrrole nitrogens is 4. The van der Waals surface area contributed by atoms with Crippen molar-refractivity contribution < 1.29 is 60.7 Å². The van der Waals surface area contributed by atoms with Crippen molar-refractivity contribution in [2.45, 2.75) is 222 Å². The molecule has 13 atom stereocenters. The highest BCUT2D eigenvalue weighted by molar-refractivity contribution is 5.99. The van der Waals surface area contributed by atoms with E-state index >= 15 is 9.59 Å². The quantitative estimate of drug-likeness (QED) is 0.00956. The Balaban J connectivity index is 0.00000635. The number of halogens is 5. The van der Waals surface area contributed by atoms with Crippen LogP contribution in [0.1, 0.15) is 146 Å². The maximum Gasteiger partial charge on any atom is 0.248 e. The van der Waals surface area contributed by atoms with Crippen LogP contribution in [-0.2, 0) is 35.3 Å². The molecule has 2 aliphatic rings. The van der Waals surface area contributed by atoms with E-state index < -0.39 is 137 Å². The monoisotopic (exact) mass is 1960 g/mol. The third kappa shape index (κ3) is 31.5. The van der Waals surface area contributed by atoms with Gasteiger partial charge in [-0.2, -0.15) is 0 Å². The summed E-state index contributed by atoms with van der Waals surface area (Å²) in [5, 5.41) is 164. The van der Waals surface area contributed by atoms with Gasteiger partial charge in [0, 0.05) is 127 Å². The second-order valence-corrected chi connectivity index (χ2v) is 33.3. The highest BCUT2D eigenvalue weighted by atomic mass is 35.5. The molecule has 2 saturated heterocycles. The maximum atomic E-state index is 16.1. The molecule has 44 heteroatoms. The van der Waals surface area contributed by atoms with Crippen LogP contribution >= 0.6 is 62.0 Å². The van der Waals surface area contributed by atoms with Gasteiger partial charge < -0.3 is 125 Å². The van der Waals surface area contributed by atoms with Crippen molar-refractivity contribution in [3.05, 3.63) is 144 Å². The number of aliphatic hydroxyl groups is 10. The number of carbonyl (C=O) groups excluding carboxylic acids is 2. The maximum absolute atomic E-state index is 16.1. The number of nitrogens with two attached hydrogens (primary N) is 5. The molecule has 39 nitrogen and oxygen atoms in total. The fourth-order valence-electron chi connectivity index (χ4n) is 16.2. The molecule has 2 aliphatic heterocycles. The second kappa shape index (κ2) is 54.9. The lowest BCUT2D eigenvalue weighted by molar-refractivity contribution is -0.133. The molecule has 2 amide bonds. The van der Waals surface area contributed by atoms with Crippen LogP contribution in [0.4, 0.5) is 0 Å². The standard InChI is InChI=1S/C90H127N27O12.5ClH/c1-5-51(4)75(92)85(127)113-68(41-50(2)3)80(122)109-67(32-18-38-102-90(98)99)79(121)114-71(44-54-48-105-62-27-12-8-23-58(54)62)86(128)116-39-19-34-74(116)84(126)112-70(43-53-47-104-61-26-11-7-22-57(53)61)82(124)115-72(45-55-49-106-63-28-13-9-24-59(55)63)87(129)117-40-20-33-73(117)83(125)111-69(42-52-46-103-60-25-10-6-21-56(52)60)81(123)110-66(31-17-37-101-89(96)97)78(120)108-65(30-16-36-100-88(94)95)77(119)107-64(76(93)118)29-14-15-35-91;;;;;/h6-13,21-28,46-51,64-75,103-106H,5,14-20,29-45,91-92H2,1-4H3,(H2,93,118)(H,107,119)(H,108,120)(H,109,122)(H,110,123)(H,111,125)(H,112,126)(H,113,127)(H,114,121)(H,115,124)(H4,94,95,100)(H4,96,97,101)(H4,98,99,102);5*1H. The van der Waals surface area contributed by atoms with Gasteiger partial charge in [0.05, 0.1) is 6.04 Å². The summed E-state index contributed by atoms with van der Waals surface area (Å²) in [6.07, 6.45) is 9.88. The van der Waals surface area contributed by atoms with Crippen molar-refractivity contribution in [1.29, 1.82) is 21.6 Å². The van der Waals surface area contributed by atoms with Crippen LogP contribution in [-0.4, -0.2) is 281 Å².